The molecule has 0 amide bonds. The van der Waals surface area contributed by atoms with Crippen LogP contribution in [0.25, 0.3) is 0 Å². The lowest BCUT2D eigenvalue weighted by Crippen LogP contribution is -2.10. The quantitative estimate of drug-likeness (QED) is 0.777. The number of hydrogen-bond donors (Lipinski definition) is 1. The predicted octanol–water partition coefficient (Wildman–Crippen LogP) is 4.19. The summed E-state index contributed by atoms with van der Waals surface area (Å²) in [5.74, 6) is 0.331. The Morgan fingerprint density at radius 1 is 0.895 bits per heavy atom. The highest BCUT2D eigenvalue weighted by Gasteiger charge is 2.12. The van der Waals surface area contributed by atoms with Gasteiger partial charge in [0.15, 0.2) is 0 Å². The van der Waals surface area contributed by atoms with Crippen LogP contribution in [0.3, 0.4) is 0 Å². The standard InChI is InChI=1S/C10H14O.C7H6O/c1-10(2,3)8-4-6-9(11)7-5-8;8-6-7-4-2-1-3-5-7/h4-7,11H,1-3H3;1-6H. The van der Waals surface area contributed by atoms with Crippen molar-refractivity contribution in [3.8, 4) is 5.75 Å². The maximum Gasteiger partial charge on any atom is 0.150 e. The Morgan fingerprint density at radius 3 is 1.79 bits per heavy atom. The van der Waals surface area contributed by atoms with Gasteiger partial charge in [-0.15, -0.1) is 0 Å². The van der Waals surface area contributed by atoms with Crippen molar-refractivity contribution < 1.29 is 9.90 Å². The summed E-state index contributed by atoms with van der Waals surface area (Å²) in [7, 11) is 0. The van der Waals surface area contributed by atoms with Crippen LogP contribution in [-0.4, -0.2) is 11.4 Å². The predicted molar refractivity (Wildman–Crippen MR) is 78.6 cm³/mol. The van der Waals surface area contributed by atoms with Crippen molar-refractivity contribution in [3.05, 3.63) is 65.7 Å². The number of phenols is 1. The molecule has 100 valence electrons. The minimum absolute atomic E-state index is 0.174. The first-order valence-electron chi connectivity index (χ1n) is 6.23. The Balaban J connectivity index is 0.000000200. The van der Waals surface area contributed by atoms with E-state index in [-0.39, 0.29) is 5.41 Å². The Morgan fingerprint density at radius 2 is 1.42 bits per heavy atom. The number of rotatable bonds is 1. The number of benzene rings is 2. The topological polar surface area (TPSA) is 37.3 Å². The van der Waals surface area contributed by atoms with E-state index in [1.165, 1.54) is 5.56 Å². The molecule has 0 radical (unpaired) electrons. The first kappa shape index (κ1) is 15.0. The van der Waals surface area contributed by atoms with Gasteiger partial charge in [0.2, 0.25) is 0 Å². The third-order valence-corrected chi connectivity index (χ3v) is 2.67. The summed E-state index contributed by atoms with van der Waals surface area (Å²) in [4.78, 5) is 10.0. The molecule has 0 aliphatic rings. The highest BCUT2D eigenvalue weighted by molar-refractivity contribution is 5.74. The molecule has 0 spiro atoms. The molecule has 0 saturated carbocycles. The monoisotopic (exact) mass is 256 g/mol. The van der Waals surface area contributed by atoms with E-state index in [1.807, 2.05) is 30.3 Å². The van der Waals surface area contributed by atoms with Crippen LogP contribution in [0, 0.1) is 0 Å². The van der Waals surface area contributed by atoms with Gasteiger partial charge in [-0.05, 0) is 23.1 Å². The highest BCUT2D eigenvalue weighted by atomic mass is 16.3. The lowest BCUT2D eigenvalue weighted by atomic mass is 9.87. The van der Waals surface area contributed by atoms with Crippen LogP contribution < -0.4 is 0 Å². The molecule has 19 heavy (non-hydrogen) atoms. The van der Waals surface area contributed by atoms with Crippen LogP contribution in [0.2, 0.25) is 0 Å². The van der Waals surface area contributed by atoms with E-state index in [4.69, 9.17) is 5.11 Å². The van der Waals surface area contributed by atoms with Crippen LogP contribution in [0.4, 0.5) is 0 Å². The van der Waals surface area contributed by atoms with Crippen molar-refractivity contribution >= 4 is 6.29 Å². The molecule has 2 nitrogen and oxygen atoms in total. The normalized spacial score (nSPS) is 10.3. The first-order valence-corrected chi connectivity index (χ1v) is 6.23. The molecule has 1 N–H and O–H groups in total. The van der Waals surface area contributed by atoms with Gasteiger partial charge in [0, 0.05) is 5.56 Å². The minimum Gasteiger partial charge on any atom is -0.508 e. The lowest BCUT2D eigenvalue weighted by molar-refractivity contribution is 0.112. The smallest absolute Gasteiger partial charge is 0.150 e. The summed E-state index contributed by atoms with van der Waals surface area (Å²) in [6, 6.07) is 16.5. The highest BCUT2D eigenvalue weighted by Crippen LogP contribution is 2.23. The van der Waals surface area contributed by atoms with E-state index in [1.54, 1.807) is 24.3 Å². The van der Waals surface area contributed by atoms with Gasteiger partial charge < -0.3 is 5.11 Å². The Kier molecular flexibility index (Phi) is 5.31. The average molecular weight is 256 g/mol. The van der Waals surface area contributed by atoms with Crippen molar-refractivity contribution in [1.29, 1.82) is 0 Å². The van der Waals surface area contributed by atoms with Crippen LogP contribution in [0.1, 0.15) is 36.7 Å². The van der Waals surface area contributed by atoms with E-state index in [2.05, 4.69) is 20.8 Å². The average Bonchev–Trinajstić information content (AvgIpc) is 2.40. The molecule has 0 unspecified atom stereocenters. The van der Waals surface area contributed by atoms with E-state index in [0.29, 0.717) is 5.75 Å². The molecule has 0 aliphatic carbocycles. The van der Waals surface area contributed by atoms with Gasteiger partial charge >= 0.3 is 0 Å². The van der Waals surface area contributed by atoms with Crippen LogP contribution in [0.15, 0.2) is 54.6 Å². The maximum absolute atomic E-state index is 10.0. The van der Waals surface area contributed by atoms with Crippen molar-refractivity contribution in [2.24, 2.45) is 0 Å². The molecular formula is C17H20O2. The van der Waals surface area contributed by atoms with Crippen molar-refractivity contribution in [2.45, 2.75) is 26.2 Å². The van der Waals surface area contributed by atoms with Crippen molar-refractivity contribution in [2.75, 3.05) is 0 Å². The van der Waals surface area contributed by atoms with Gasteiger partial charge in [0.1, 0.15) is 12.0 Å². The first-order chi connectivity index (χ1) is 8.93. The van der Waals surface area contributed by atoms with Gasteiger partial charge in [-0.25, -0.2) is 0 Å². The Labute approximate surface area is 114 Å². The second-order valence-electron chi connectivity index (χ2n) is 5.33. The zero-order chi connectivity index (χ0) is 14.3. The molecule has 2 heteroatoms. The van der Waals surface area contributed by atoms with Crippen LogP contribution in [0.5, 0.6) is 5.75 Å². The second kappa shape index (κ2) is 6.74. The molecule has 0 heterocycles. The van der Waals surface area contributed by atoms with Gasteiger partial charge in [-0.3, -0.25) is 4.79 Å². The SMILES string of the molecule is CC(C)(C)c1ccc(O)cc1.O=Cc1ccccc1. The number of aldehydes is 1. The molecule has 2 aromatic rings. The molecule has 2 aromatic carbocycles. The van der Waals surface area contributed by atoms with Gasteiger partial charge in [-0.1, -0.05) is 63.2 Å². The molecule has 2 rings (SSSR count). The lowest BCUT2D eigenvalue weighted by Gasteiger charge is -2.18. The third kappa shape index (κ3) is 5.38. The Hall–Kier alpha value is -2.09. The Bertz CT molecular complexity index is 493. The van der Waals surface area contributed by atoms with E-state index in [0.717, 1.165) is 11.8 Å². The van der Waals surface area contributed by atoms with Crippen LogP contribution >= 0.6 is 0 Å². The summed E-state index contributed by atoms with van der Waals surface area (Å²) in [5.41, 5.74) is 2.15. The summed E-state index contributed by atoms with van der Waals surface area (Å²) in [6.45, 7) is 6.46. The summed E-state index contributed by atoms with van der Waals surface area (Å²) in [5, 5.41) is 9.02. The zero-order valence-electron chi connectivity index (χ0n) is 11.6. The fourth-order valence-corrected chi connectivity index (χ4v) is 1.49. The van der Waals surface area contributed by atoms with Gasteiger partial charge in [-0.2, -0.15) is 0 Å². The molecular weight excluding hydrogens is 236 g/mol. The summed E-state index contributed by atoms with van der Waals surface area (Å²) in [6.07, 6.45) is 0.833. The van der Waals surface area contributed by atoms with E-state index in [9.17, 15) is 4.79 Å². The summed E-state index contributed by atoms with van der Waals surface area (Å²) >= 11 is 0. The number of hydrogen-bond acceptors (Lipinski definition) is 2. The van der Waals surface area contributed by atoms with Crippen molar-refractivity contribution in [3.63, 3.8) is 0 Å². The third-order valence-electron chi connectivity index (χ3n) is 2.67. The fourth-order valence-electron chi connectivity index (χ4n) is 1.49. The number of aromatic hydroxyl groups is 1. The fraction of sp³-hybridized carbons (Fsp3) is 0.235. The van der Waals surface area contributed by atoms with E-state index < -0.39 is 0 Å². The molecule has 0 aliphatic heterocycles. The van der Waals surface area contributed by atoms with Gasteiger partial charge in [0.25, 0.3) is 0 Å². The van der Waals surface area contributed by atoms with Gasteiger partial charge in [0.05, 0.1) is 0 Å². The van der Waals surface area contributed by atoms with Crippen molar-refractivity contribution in [1.82, 2.24) is 0 Å². The number of carbonyl (C=O) groups is 1. The minimum atomic E-state index is 0.174. The zero-order valence-corrected chi connectivity index (χ0v) is 11.6. The number of carbonyl (C=O) groups excluding carboxylic acids is 1. The summed E-state index contributed by atoms with van der Waals surface area (Å²) < 4.78 is 0. The largest absolute Gasteiger partial charge is 0.508 e. The van der Waals surface area contributed by atoms with Crippen LogP contribution in [-0.2, 0) is 5.41 Å². The number of phenolic OH excluding ortho intramolecular Hbond substituents is 1. The van der Waals surface area contributed by atoms with E-state index >= 15 is 0 Å². The molecule has 0 fully saturated rings. The molecule has 0 bridgehead atoms. The second-order valence-corrected chi connectivity index (χ2v) is 5.33. The molecule has 0 saturated heterocycles. The molecule has 0 aromatic heterocycles. The molecule has 0 atom stereocenters. The maximum atomic E-state index is 10.0.